The minimum Gasteiger partial charge on any atom is -0.324 e. The summed E-state index contributed by atoms with van der Waals surface area (Å²) >= 11 is 5.83. The summed E-state index contributed by atoms with van der Waals surface area (Å²) in [6.07, 6.45) is 1.88. The molecule has 0 spiro atoms. The van der Waals surface area contributed by atoms with Crippen molar-refractivity contribution < 1.29 is 22.0 Å². The van der Waals surface area contributed by atoms with Crippen molar-refractivity contribution in [3.63, 3.8) is 0 Å². The van der Waals surface area contributed by atoms with Gasteiger partial charge in [-0.1, -0.05) is 18.0 Å². The smallest absolute Gasteiger partial charge is 0.243 e. The van der Waals surface area contributed by atoms with Gasteiger partial charge in [0.15, 0.2) is 0 Å². The lowest BCUT2D eigenvalue weighted by Crippen LogP contribution is -2.45. The Morgan fingerprint density at radius 2 is 1.86 bits per heavy atom. The molecule has 0 saturated carbocycles. The summed E-state index contributed by atoms with van der Waals surface area (Å²) < 4.78 is 54.0. The van der Waals surface area contributed by atoms with E-state index >= 15 is 0 Å². The molecule has 5 nitrogen and oxygen atoms in total. The van der Waals surface area contributed by atoms with Crippen LogP contribution < -0.4 is 5.32 Å². The predicted molar refractivity (Wildman–Crippen MR) is 103 cm³/mol. The van der Waals surface area contributed by atoms with Crippen LogP contribution in [-0.4, -0.2) is 31.2 Å². The van der Waals surface area contributed by atoms with Crippen molar-refractivity contribution >= 4 is 33.2 Å². The molecule has 1 amide bonds. The molecule has 2 aromatic carbocycles. The molecule has 0 aliphatic carbocycles. The standard InChI is InChI=1S/C19H19ClF2N2O3S/c20-13-4-7-16(8-5-13)28(26,27)24-10-2-1-3-15(24)12-19(25)23-18-9-6-14(21)11-17(18)22/h4-9,11,15H,1-3,10,12H2,(H,23,25). The summed E-state index contributed by atoms with van der Waals surface area (Å²) in [6.45, 7) is 0.299. The number of nitrogens with one attached hydrogen (secondary N) is 1. The highest BCUT2D eigenvalue weighted by molar-refractivity contribution is 7.89. The van der Waals surface area contributed by atoms with Gasteiger partial charge < -0.3 is 5.32 Å². The van der Waals surface area contributed by atoms with E-state index < -0.39 is 33.6 Å². The second-order valence-electron chi connectivity index (χ2n) is 6.60. The lowest BCUT2D eigenvalue weighted by Gasteiger charge is -2.34. The van der Waals surface area contributed by atoms with Crippen LogP contribution >= 0.6 is 11.6 Å². The number of hydrogen-bond donors (Lipinski definition) is 1. The fourth-order valence-electron chi connectivity index (χ4n) is 3.24. The second kappa shape index (κ2) is 8.55. The van der Waals surface area contributed by atoms with Crippen LogP contribution in [0.2, 0.25) is 5.02 Å². The molecule has 1 aliphatic heterocycles. The highest BCUT2D eigenvalue weighted by Gasteiger charge is 2.34. The van der Waals surface area contributed by atoms with E-state index in [4.69, 9.17) is 11.6 Å². The molecule has 1 unspecified atom stereocenters. The van der Waals surface area contributed by atoms with E-state index in [9.17, 15) is 22.0 Å². The number of anilines is 1. The third-order valence-corrected chi connectivity index (χ3v) is 6.84. The summed E-state index contributed by atoms with van der Waals surface area (Å²) in [5.41, 5.74) is -0.144. The summed E-state index contributed by atoms with van der Waals surface area (Å²) in [4.78, 5) is 12.5. The van der Waals surface area contributed by atoms with Crippen LogP contribution in [-0.2, 0) is 14.8 Å². The van der Waals surface area contributed by atoms with Crippen molar-refractivity contribution in [1.82, 2.24) is 4.31 Å². The molecule has 1 atom stereocenters. The molecule has 1 heterocycles. The van der Waals surface area contributed by atoms with Crippen molar-refractivity contribution in [2.24, 2.45) is 0 Å². The second-order valence-corrected chi connectivity index (χ2v) is 8.92. The maximum Gasteiger partial charge on any atom is 0.243 e. The Balaban J connectivity index is 1.75. The van der Waals surface area contributed by atoms with Crippen molar-refractivity contribution in [3.05, 3.63) is 59.1 Å². The summed E-state index contributed by atoms with van der Waals surface area (Å²) in [7, 11) is -3.79. The fourth-order valence-corrected chi connectivity index (χ4v) is 5.06. The first-order valence-electron chi connectivity index (χ1n) is 8.79. The number of carbonyl (C=O) groups is 1. The third kappa shape index (κ3) is 4.68. The van der Waals surface area contributed by atoms with E-state index in [1.165, 1.54) is 28.6 Å². The fraction of sp³-hybridized carbons (Fsp3) is 0.316. The van der Waals surface area contributed by atoms with Gasteiger partial charge in [0, 0.05) is 30.1 Å². The number of halogens is 3. The average Bonchev–Trinajstić information content (AvgIpc) is 2.65. The summed E-state index contributed by atoms with van der Waals surface area (Å²) in [5, 5.41) is 2.81. The van der Waals surface area contributed by atoms with Gasteiger partial charge in [-0.2, -0.15) is 4.31 Å². The number of amides is 1. The highest BCUT2D eigenvalue weighted by Crippen LogP contribution is 2.28. The van der Waals surface area contributed by atoms with Gasteiger partial charge in [0.25, 0.3) is 0 Å². The highest BCUT2D eigenvalue weighted by atomic mass is 35.5. The first-order chi connectivity index (χ1) is 13.3. The molecule has 9 heteroatoms. The maximum absolute atomic E-state index is 13.7. The Labute approximate surface area is 167 Å². The molecule has 0 radical (unpaired) electrons. The van der Waals surface area contributed by atoms with Crippen molar-refractivity contribution in [3.8, 4) is 0 Å². The quantitative estimate of drug-likeness (QED) is 0.776. The van der Waals surface area contributed by atoms with Crippen molar-refractivity contribution in [1.29, 1.82) is 0 Å². The molecule has 2 aromatic rings. The molecule has 1 aliphatic rings. The molecule has 0 bridgehead atoms. The Morgan fingerprint density at radius 3 is 2.54 bits per heavy atom. The van der Waals surface area contributed by atoms with Crippen molar-refractivity contribution in [2.75, 3.05) is 11.9 Å². The van der Waals surface area contributed by atoms with Gasteiger partial charge in [-0.05, 0) is 49.2 Å². The van der Waals surface area contributed by atoms with E-state index in [0.29, 0.717) is 30.5 Å². The van der Waals surface area contributed by atoms with Crippen LogP contribution in [0.3, 0.4) is 0 Å². The number of nitrogens with zero attached hydrogens (tertiary/aromatic N) is 1. The van der Waals surface area contributed by atoms with Gasteiger partial charge >= 0.3 is 0 Å². The molecular formula is C19H19ClF2N2O3S. The molecule has 0 aromatic heterocycles. The van der Waals surface area contributed by atoms with Crippen LogP contribution in [0.15, 0.2) is 47.4 Å². The Morgan fingerprint density at radius 1 is 1.14 bits per heavy atom. The Bertz CT molecular complexity index is 968. The lowest BCUT2D eigenvalue weighted by molar-refractivity contribution is -0.117. The van der Waals surface area contributed by atoms with Gasteiger partial charge in [0.1, 0.15) is 11.6 Å². The zero-order chi connectivity index (χ0) is 20.3. The van der Waals surface area contributed by atoms with Gasteiger partial charge in [0.2, 0.25) is 15.9 Å². The average molecular weight is 429 g/mol. The van der Waals surface area contributed by atoms with Gasteiger partial charge in [-0.15, -0.1) is 0 Å². The normalized spacial score (nSPS) is 18.0. The van der Waals surface area contributed by atoms with Gasteiger partial charge in [-0.25, -0.2) is 17.2 Å². The van der Waals surface area contributed by atoms with Crippen LogP contribution in [0.25, 0.3) is 0 Å². The minimum absolute atomic E-state index is 0.105. The van der Waals surface area contributed by atoms with Crippen molar-refractivity contribution in [2.45, 2.75) is 36.6 Å². The van der Waals surface area contributed by atoms with E-state index in [0.717, 1.165) is 18.6 Å². The number of piperidine rings is 1. The Kier molecular flexibility index (Phi) is 6.32. The molecule has 1 N–H and O–H groups in total. The zero-order valence-electron chi connectivity index (χ0n) is 14.9. The largest absolute Gasteiger partial charge is 0.324 e. The van der Waals surface area contributed by atoms with E-state index in [-0.39, 0.29) is 17.0 Å². The zero-order valence-corrected chi connectivity index (χ0v) is 16.4. The number of sulfonamides is 1. The first-order valence-corrected chi connectivity index (χ1v) is 10.6. The number of benzene rings is 2. The molecule has 28 heavy (non-hydrogen) atoms. The molecule has 150 valence electrons. The van der Waals surface area contributed by atoms with Crippen LogP contribution in [0, 0.1) is 11.6 Å². The van der Waals surface area contributed by atoms with Crippen LogP contribution in [0.5, 0.6) is 0 Å². The van der Waals surface area contributed by atoms with Gasteiger partial charge in [-0.3, -0.25) is 4.79 Å². The van der Waals surface area contributed by atoms with E-state index in [1.54, 1.807) is 0 Å². The topological polar surface area (TPSA) is 66.5 Å². The molecular weight excluding hydrogens is 410 g/mol. The minimum atomic E-state index is -3.79. The molecule has 1 fully saturated rings. The lowest BCUT2D eigenvalue weighted by atomic mass is 10.0. The van der Waals surface area contributed by atoms with E-state index in [2.05, 4.69) is 5.32 Å². The van der Waals surface area contributed by atoms with Crippen LogP contribution in [0.1, 0.15) is 25.7 Å². The van der Waals surface area contributed by atoms with Gasteiger partial charge in [0.05, 0.1) is 10.6 Å². The summed E-state index contributed by atoms with van der Waals surface area (Å²) in [6, 6.07) is 8.15. The van der Waals surface area contributed by atoms with E-state index in [1.807, 2.05) is 0 Å². The summed E-state index contributed by atoms with van der Waals surface area (Å²) in [5.74, 6) is -2.17. The molecule has 1 saturated heterocycles. The maximum atomic E-state index is 13.7. The number of rotatable bonds is 5. The monoisotopic (exact) mass is 428 g/mol. The third-order valence-electron chi connectivity index (χ3n) is 4.62. The number of hydrogen-bond acceptors (Lipinski definition) is 3. The SMILES string of the molecule is O=C(CC1CCCCN1S(=O)(=O)c1ccc(Cl)cc1)Nc1ccc(F)cc1F. The Hall–Kier alpha value is -2.03. The number of carbonyl (C=O) groups excluding carboxylic acids is 1. The first kappa shape index (κ1) is 20.7. The predicted octanol–water partition coefficient (Wildman–Crippen LogP) is 4.19. The molecule has 3 rings (SSSR count). The van der Waals surface area contributed by atoms with Crippen LogP contribution in [0.4, 0.5) is 14.5 Å².